The summed E-state index contributed by atoms with van der Waals surface area (Å²) in [5.41, 5.74) is 4.59. The Morgan fingerprint density at radius 1 is 1.22 bits per heavy atom. The standard InChI is InChI=1S/C19H28N6O.ClH/c1-12-9-13(2)22-19(21-12)25-15(4)17(14(3)23-25)10-18(26)24-8-6-7-16(24)11-20-5;/h9,16,20H,6-8,10-11H2,1-5H3;1H. The average Bonchev–Trinajstić information content (AvgIpc) is 3.14. The molecule has 1 amide bonds. The lowest BCUT2D eigenvalue weighted by Crippen LogP contribution is -2.41. The largest absolute Gasteiger partial charge is 0.338 e. The number of aryl methyl sites for hydroxylation is 3. The van der Waals surface area contributed by atoms with Crippen molar-refractivity contribution < 1.29 is 4.79 Å². The normalized spacial score (nSPS) is 16.5. The lowest BCUT2D eigenvalue weighted by atomic mass is 10.1. The van der Waals surface area contributed by atoms with Crippen LogP contribution in [0.1, 0.15) is 41.2 Å². The fraction of sp³-hybridized carbons (Fsp3) is 0.579. The van der Waals surface area contributed by atoms with Gasteiger partial charge in [0, 0.05) is 41.8 Å². The highest BCUT2D eigenvalue weighted by Gasteiger charge is 2.29. The molecular weight excluding hydrogens is 364 g/mol. The Morgan fingerprint density at radius 3 is 2.52 bits per heavy atom. The monoisotopic (exact) mass is 392 g/mol. The predicted octanol–water partition coefficient (Wildman–Crippen LogP) is 2.07. The van der Waals surface area contributed by atoms with Crippen LogP contribution in [-0.4, -0.2) is 56.7 Å². The second kappa shape index (κ2) is 8.80. The summed E-state index contributed by atoms with van der Waals surface area (Å²) in [5.74, 6) is 0.742. The number of aromatic nitrogens is 4. The van der Waals surface area contributed by atoms with E-state index in [1.54, 1.807) is 4.68 Å². The van der Waals surface area contributed by atoms with Crippen LogP contribution in [0, 0.1) is 27.7 Å². The number of amides is 1. The maximum absolute atomic E-state index is 12.9. The van der Waals surface area contributed by atoms with Crippen LogP contribution < -0.4 is 5.32 Å². The Morgan fingerprint density at radius 2 is 1.89 bits per heavy atom. The van der Waals surface area contributed by atoms with Crippen LogP contribution in [0.2, 0.25) is 0 Å². The van der Waals surface area contributed by atoms with Crippen molar-refractivity contribution in [3.8, 4) is 5.95 Å². The molecule has 3 rings (SSSR count). The van der Waals surface area contributed by atoms with Gasteiger partial charge >= 0.3 is 0 Å². The van der Waals surface area contributed by atoms with Gasteiger partial charge in [-0.25, -0.2) is 14.6 Å². The first kappa shape index (κ1) is 21.3. The van der Waals surface area contributed by atoms with Gasteiger partial charge in [0.2, 0.25) is 5.91 Å². The van der Waals surface area contributed by atoms with Gasteiger partial charge in [-0.3, -0.25) is 4.79 Å². The number of hydrogen-bond donors (Lipinski definition) is 1. The lowest BCUT2D eigenvalue weighted by molar-refractivity contribution is -0.131. The first-order valence-electron chi connectivity index (χ1n) is 9.22. The molecule has 0 aliphatic carbocycles. The van der Waals surface area contributed by atoms with Crippen LogP contribution in [-0.2, 0) is 11.2 Å². The van der Waals surface area contributed by atoms with Crippen LogP contribution in [0.15, 0.2) is 6.07 Å². The van der Waals surface area contributed by atoms with Crippen LogP contribution in [0.4, 0.5) is 0 Å². The molecule has 1 fully saturated rings. The van der Waals surface area contributed by atoms with Crippen molar-refractivity contribution in [2.75, 3.05) is 20.1 Å². The van der Waals surface area contributed by atoms with E-state index in [4.69, 9.17) is 0 Å². The molecule has 2 aromatic heterocycles. The molecule has 1 saturated heterocycles. The van der Waals surface area contributed by atoms with Crippen LogP contribution in [0.25, 0.3) is 5.95 Å². The minimum Gasteiger partial charge on any atom is -0.338 e. The van der Waals surface area contributed by atoms with E-state index in [1.807, 2.05) is 45.7 Å². The molecule has 1 unspecified atom stereocenters. The van der Waals surface area contributed by atoms with Crippen LogP contribution in [0.3, 0.4) is 0 Å². The molecule has 3 heterocycles. The van der Waals surface area contributed by atoms with Gasteiger partial charge in [-0.15, -0.1) is 12.4 Å². The molecule has 148 valence electrons. The second-order valence-corrected chi connectivity index (χ2v) is 7.13. The highest BCUT2D eigenvalue weighted by molar-refractivity contribution is 5.85. The average molecular weight is 393 g/mol. The van der Waals surface area contributed by atoms with Gasteiger partial charge in [0.05, 0.1) is 12.1 Å². The number of carbonyl (C=O) groups is 1. The molecule has 0 saturated carbocycles. The van der Waals surface area contributed by atoms with E-state index in [0.29, 0.717) is 18.4 Å². The first-order valence-corrected chi connectivity index (χ1v) is 9.22. The molecule has 0 aromatic carbocycles. The van der Waals surface area contributed by atoms with Crippen molar-refractivity contribution in [2.45, 2.75) is 53.0 Å². The zero-order valence-corrected chi connectivity index (χ0v) is 17.6. The van der Waals surface area contributed by atoms with E-state index in [0.717, 1.165) is 54.3 Å². The fourth-order valence-electron chi connectivity index (χ4n) is 3.79. The Hall–Kier alpha value is -1.99. The van der Waals surface area contributed by atoms with Crippen molar-refractivity contribution in [2.24, 2.45) is 0 Å². The molecule has 27 heavy (non-hydrogen) atoms. The van der Waals surface area contributed by atoms with Gasteiger partial charge in [-0.05, 0) is 53.7 Å². The molecule has 1 aliphatic heterocycles. The summed E-state index contributed by atoms with van der Waals surface area (Å²) in [4.78, 5) is 23.9. The highest BCUT2D eigenvalue weighted by atomic mass is 35.5. The zero-order chi connectivity index (χ0) is 18.8. The Labute approximate surface area is 167 Å². The number of nitrogens with zero attached hydrogens (tertiary/aromatic N) is 5. The van der Waals surface area contributed by atoms with E-state index in [1.165, 1.54) is 0 Å². The molecule has 0 spiro atoms. The summed E-state index contributed by atoms with van der Waals surface area (Å²) >= 11 is 0. The van der Waals surface area contributed by atoms with Crippen molar-refractivity contribution in [1.29, 1.82) is 0 Å². The van der Waals surface area contributed by atoms with Gasteiger partial charge in [0.15, 0.2) is 0 Å². The lowest BCUT2D eigenvalue weighted by Gasteiger charge is -2.24. The smallest absolute Gasteiger partial charge is 0.251 e. The third-order valence-electron chi connectivity index (χ3n) is 5.07. The summed E-state index contributed by atoms with van der Waals surface area (Å²) < 4.78 is 1.76. The zero-order valence-electron chi connectivity index (χ0n) is 16.7. The van der Waals surface area contributed by atoms with Gasteiger partial charge in [0.25, 0.3) is 5.95 Å². The fourth-order valence-corrected chi connectivity index (χ4v) is 3.79. The van der Waals surface area contributed by atoms with Gasteiger partial charge in [-0.1, -0.05) is 0 Å². The van der Waals surface area contributed by atoms with Gasteiger partial charge in [-0.2, -0.15) is 5.10 Å². The maximum Gasteiger partial charge on any atom is 0.251 e. The van der Waals surface area contributed by atoms with E-state index in [2.05, 4.69) is 20.4 Å². The van der Waals surface area contributed by atoms with Crippen molar-refractivity contribution in [3.63, 3.8) is 0 Å². The summed E-state index contributed by atoms with van der Waals surface area (Å²) in [6.45, 7) is 9.52. The molecule has 1 atom stereocenters. The Kier molecular flexibility index (Phi) is 6.95. The number of hydrogen-bond acceptors (Lipinski definition) is 5. The molecule has 1 aliphatic rings. The van der Waals surface area contributed by atoms with Gasteiger partial charge in [0.1, 0.15) is 0 Å². The predicted molar refractivity (Wildman–Crippen MR) is 108 cm³/mol. The maximum atomic E-state index is 12.9. The number of likely N-dealkylation sites (N-methyl/N-ethyl adjacent to an activating group) is 1. The molecular formula is C19H29ClN6O. The van der Waals surface area contributed by atoms with E-state index in [-0.39, 0.29) is 18.3 Å². The summed E-state index contributed by atoms with van der Waals surface area (Å²) in [7, 11) is 1.93. The number of carbonyl (C=O) groups excluding carboxylic acids is 1. The minimum atomic E-state index is 0. The summed E-state index contributed by atoms with van der Waals surface area (Å²) in [6.07, 6.45) is 2.52. The van der Waals surface area contributed by atoms with E-state index in [9.17, 15) is 4.79 Å². The van der Waals surface area contributed by atoms with Crippen molar-refractivity contribution in [1.82, 2.24) is 30.0 Å². The quantitative estimate of drug-likeness (QED) is 0.842. The topological polar surface area (TPSA) is 75.9 Å². The van der Waals surface area contributed by atoms with Crippen LogP contribution >= 0.6 is 12.4 Å². The second-order valence-electron chi connectivity index (χ2n) is 7.13. The molecule has 1 N–H and O–H groups in total. The highest BCUT2D eigenvalue weighted by Crippen LogP contribution is 2.21. The summed E-state index contributed by atoms with van der Waals surface area (Å²) in [5, 5.41) is 7.80. The Balaban J connectivity index is 0.00000261. The van der Waals surface area contributed by atoms with Crippen molar-refractivity contribution >= 4 is 18.3 Å². The first-order chi connectivity index (χ1) is 12.4. The number of likely N-dealkylation sites (tertiary alicyclic amines) is 1. The van der Waals surface area contributed by atoms with Crippen molar-refractivity contribution in [3.05, 3.63) is 34.4 Å². The SMILES string of the molecule is CNCC1CCCN1C(=O)Cc1c(C)nn(-c2nc(C)cc(C)n2)c1C.Cl. The third kappa shape index (κ3) is 4.47. The number of rotatable bonds is 5. The number of halogens is 1. The molecule has 0 bridgehead atoms. The molecule has 8 heteroatoms. The van der Waals surface area contributed by atoms with Crippen LogP contribution in [0.5, 0.6) is 0 Å². The van der Waals surface area contributed by atoms with E-state index >= 15 is 0 Å². The molecule has 7 nitrogen and oxygen atoms in total. The minimum absolute atomic E-state index is 0. The Bertz CT molecular complexity index is 799. The van der Waals surface area contributed by atoms with E-state index < -0.39 is 0 Å². The molecule has 0 radical (unpaired) electrons. The third-order valence-corrected chi connectivity index (χ3v) is 5.07. The summed E-state index contributed by atoms with van der Waals surface area (Å²) in [6, 6.07) is 2.24. The van der Waals surface area contributed by atoms with Gasteiger partial charge < -0.3 is 10.2 Å². The molecule has 2 aromatic rings. The number of nitrogens with one attached hydrogen (secondary N) is 1.